The molecule has 0 aromatic carbocycles. The second-order valence-corrected chi connectivity index (χ2v) is 7.20. The summed E-state index contributed by atoms with van der Waals surface area (Å²) in [7, 11) is -1.87. The molecule has 2 atom stereocenters. The highest BCUT2D eigenvalue weighted by atomic mass is 32.2. The molecule has 0 aromatic rings. The third-order valence-electron chi connectivity index (χ3n) is 4.04. The molecule has 0 aromatic heterocycles. The van der Waals surface area contributed by atoms with Crippen LogP contribution >= 0.6 is 0 Å². The monoisotopic (exact) mass is 307 g/mol. The van der Waals surface area contributed by atoms with Gasteiger partial charge in [-0.3, -0.25) is 0 Å². The molecule has 0 bridgehead atoms. The Hall–Kier alpha value is -0.210. The van der Waals surface area contributed by atoms with E-state index >= 15 is 0 Å². The van der Waals surface area contributed by atoms with Gasteiger partial charge in [0, 0.05) is 38.8 Å². The predicted octanol–water partition coefficient (Wildman–Crippen LogP) is 0.791. The molecular weight excluding hydrogens is 278 g/mol. The van der Waals surface area contributed by atoms with Crippen LogP contribution in [-0.2, 0) is 14.9 Å². The minimum Gasteiger partial charge on any atom is -0.383 e. The summed E-state index contributed by atoms with van der Waals surface area (Å²) < 4.78 is 34.0. The molecule has 120 valence electrons. The van der Waals surface area contributed by atoms with Gasteiger partial charge in [0.05, 0.1) is 6.61 Å². The van der Waals surface area contributed by atoms with Crippen molar-refractivity contribution in [2.24, 2.45) is 5.73 Å². The zero-order chi connectivity index (χ0) is 15.2. The minimum absolute atomic E-state index is 0.0319. The summed E-state index contributed by atoms with van der Waals surface area (Å²) in [4.78, 5) is 0. The summed E-state index contributed by atoms with van der Waals surface area (Å²) in [6, 6.07) is -0.0987. The molecular formula is C13H29N3O3S. The van der Waals surface area contributed by atoms with E-state index in [1.165, 1.54) is 0 Å². The smallest absolute Gasteiger partial charge is 0.282 e. The van der Waals surface area contributed by atoms with E-state index in [1.807, 2.05) is 13.8 Å². The topological polar surface area (TPSA) is 75.9 Å². The van der Waals surface area contributed by atoms with Crippen molar-refractivity contribution >= 4 is 10.2 Å². The lowest BCUT2D eigenvalue weighted by Gasteiger charge is -2.39. The van der Waals surface area contributed by atoms with Gasteiger partial charge in [0.1, 0.15) is 0 Å². The molecule has 0 aliphatic carbocycles. The molecule has 7 heteroatoms. The van der Waals surface area contributed by atoms with Crippen molar-refractivity contribution in [1.82, 2.24) is 8.61 Å². The van der Waals surface area contributed by atoms with Crippen LogP contribution in [0.1, 0.15) is 39.5 Å². The number of ether oxygens (including phenoxy) is 1. The van der Waals surface area contributed by atoms with Gasteiger partial charge in [0.2, 0.25) is 0 Å². The van der Waals surface area contributed by atoms with Gasteiger partial charge in [-0.05, 0) is 26.2 Å². The summed E-state index contributed by atoms with van der Waals surface area (Å²) in [6.45, 7) is 5.69. The first-order chi connectivity index (χ1) is 9.48. The summed E-state index contributed by atoms with van der Waals surface area (Å²) in [5, 5.41) is 0. The van der Waals surface area contributed by atoms with E-state index < -0.39 is 10.2 Å². The van der Waals surface area contributed by atoms with Crippen LogP contribution in [-0.4, -0.2) is 62.5 Å². The number of nitrogens with zero attached hydrogens (tertiary/aromatic N) is 2. The first kappa shape index (κ1) is 17.8. The normalized spacial score (nSPS) is 23.1. The molecule has 0 spiro atoms. The molecule has 20 heavy (non-hydrogen) atoms. The Kier molecular flexibility index (Phi) is 7.39. The van der Waals surface area contributed by atoms with Crippen LogP contribution in [0.5, 0.6) is 0 Å². The lowest BCUT2D eigenvalue weighted by Crippen LogP contribution is -2.55. The maximum absolute atomic E-state index is 12.9. The van der Waals surface area contributed by atoms with E-state index in [2.05, 4.69) is 0 Å². The second-order valence-electron chi connectivity index (χ2n) is 5.36. The van der Waals surface area contributed by atoms with E-state index in [0.717, 1.165) is 25.7 Å². The van der Waals surface area contributed by atoms with Gasteiger partial charge in [-0.2, -0.15) is 17.0 Å². The van der Waals surface area contributed by atoms with Crippen LogP contribution in [0.25, 0.3) is 0 Å². The number of hydrogen-bond donors (Lipinski definition) is 1. The molecule has 1 heterocycles. The Bertz CT molecular complexity index is 375. The van der Waals surface area contributed by atoms with Gasteiger partial charge in [0.15, 0.2) is 0 Å². The van der Waals surface area contributed by atoms with Crippen LogP contribution in [0.2, 0.25) is 0 Å². The molecule has 2 N–H and O–H groups in total. The van der Waals surface area contributed by atoms with Crippen molar-refractivity contribution in [2.45, 2.75) is 51.6 Å². The molecule has 0 amide bonds. The van der Waals surface area contributed by atoms with Crippen molar-refractivity contribution in [3.05, 3.63) is 0 Å². The van der Waals surface area contributed by atoms with E-state index in [9.17, 15) is 8.42 Å². The summed E-state index contributed by atoms with van der Waals surface area (Å²) in [5.74, 6) is 0. The van der Waals surface area contributed by atoms with Gasteiger partial charge in [-0.15, -0.1) is 0 Å². The molecule has 1 fully saturated rings. The van der Waals surface area contributed by atoms with Crippen LogP contribution in [0.15, 0.2) is 0 Å². The fourth-order valence-corrected chi connectivity index (χ4v) is 4.70. The maximum atomic E-state index is 12.9. The van der Waals surface area contributed by atoms with Crippen LogP contribution in [0.4, 0.5) is 0 Å². The molecule has 0 radical (unpaired) electrons. The number of nitrogens with two attached hydrogens (primary N) is 1. The average Bonchev–Trinajstić information content (AvgIpc) is 2.46. The highest BCUT2D eigenvalue weighted by Gasteiger charge is 2.37. The fraction of sp³-hybridized carbons (Fsp3) is 1.00. The highest BCUT2D eigenvalue weighted by Crippen LogP contribution is 2.23. The number of hydrogen-bond acceptors (Lipinski definition) is 4. The third kappa shape index (κ3) is 4.14. The summed E-state index contributed by atoms with van der Waals surface area (Å²) in [6.07, 6.45) is 3.60. The van der Waals surface area contributed by atoms with Crippen LogP contribution < -0.4 is 5.73 Å². The molecule has 1 saturated heterocycles. The Labute approximate surface area is 123 Å². The molecule has 6 nitrogen and oxygen atoms in total. The lowest BCUT2D eigenvalue weighted by molar-refractivity contribution is 0.157. The molecule has 1 aliphatic heterocycles. The standard InChI is InChI=1S/C13H29N3O3S/c1-4-12(2)15(9-10-19-3)20(17,18)16-8-6-5-7-13(16)11-14/h12-13H,4-11,14H2,1-3H3. The van der Waals surface area contributed by atoms with E-state index in [0.29, 0.717) is 26.2 Å². The van der Waals surface area contributed by atoms with E-state index in [-0.39, 0.29) is 12.1 Å². The van der Waals surface area contributed by atoms with Crippen molar-refractivity contribution in [2.75, 3.05) is 33.4 Å². The van der Waals surface area contributed by atoms with Crippen LogP contribution in [0.3, 0.4) is 0 Å². The quantitative estimate of drug-likeness (QED) is 0.719. The molecule has 2 unspecified atom stereocenters. The Morgan fingerprint density at radius 1 is 1.45 bits per heavy atom. The van der Waals surface area contributed by atoms with Crippen molar-refractivity contribution in [3.8, 4) is 0 Å². The first-order valence-electron chi connectivity index (χ1n) is 7.46. The third-order valence-corrected chi connectivity index (χ3v) is 6.24. The fourth-order valence-electron chi connectivity index (χ4n) is 2.60. The summed E-state index contributed by atoms with van der Waals surface area (Å²) in [5.41, 5.74) is 5.75. The van der Waals surface area contributed by atoms with Gasteiger partial charge in [-0.25, -0.2) is 0 Å². The summed E-state index contributed by atoms with van der Waals surface area (Å²) >= 11 is 0. The second kappa shape index (κ2) is 8.29. The first-order valence-corrected chi connectivity index (χ1v) is 8.86. The van der Waals surface area contributed by atoms with Gasteiger partial charge >= 0.3 is 0 Å². The lowest BCUT2D eigenvalue weighted by atomic mass is 10.1. The predicted molar refractivity (Wildman–Crippen MR) is 80.7 cm³/mol. The van der Waals surface area contributed by atoms with Crippen LogP contribution in [0, 0.1) is 0 Å². The number of rotatable bonds is 8. The van der Waals surface area contributed by atoms with E-state index in [4.69, 9.17) is 10.5 Å². The Morgan fingerprint density at radius 2 is 2.15 bits per heavy atom. The van der Waals surface area contributed by atoms with Crippen molar-refractivity contribution in [3.63, 3.8) is 0 Å². The van der Waals surface area contributed by atoms with Gasteiger partial charge in [-0.1, -0.05) is 13.3 Å². The zero-order valence-electron chi connectivity index (χ0n) is 12.9. The van der Waals surface area contributed by atoms with Crippen molar-refractivity contribution < 1.29 is 13.2 Å². The SMILES string of the molecule is CCC(C)N(CCOC)S(=O)(=O)N1CCCCC1CN. The highest BCUT2D eigenvalue weighted by molar-refractivity contribution is 7.86. The molecule has 0 saturated carbocycles. The van der Waals surface area contributed by atoms with Gasteiger partial charge < -0.3 is 10.5 Å². The number of piperidine rings is 1. The zero-order valence-corrected chi connectivity index (χ0v) is 13.7. The average molecular weight is 307 g/mol. The van der Waals surface area contributed by atoms with Crippen molar-refractivity contribution in [1.29, 1.82) is 0 Å². The maximum Gasteiger partial charge on any atom is 0.282 e. The van der Waals surface area contributed by atoms with E-state index in [1.54, 1.807) is 15.7 Å². The molecule has 1 aliphatic rings. The molecule has 1 rings (SSSR count). The number of methoxy groups -OCH3 is 1. The Morgan fingerprint density at radius 3 is 2.70 bits per heavy atom. The van der Waals surface area contributed by atoms with Gasteiger partial charge in [0.25, 0.3) is 10.2 Å². The minimum atomic E-state index is -3.46. The Balaban J connectivity index is 2.95. The largest absolute Gasteiger partial charge is 0.383 e.